The van der Waals surface area contributed by atoms with Gasteiger partial charge in [-0.25, -0.2) is 4.39 Å². The van der Waals surface area contributed by atoms with Crippen LogP contribution in [0.1, 0.15) is 18.1 Å². The number of hydrogen-bond donors (Lipinski definition) is 1. The van der Waals surface area contributed by atoms with Crippen LogP contribution in [0.5, 0.6) is 11.5 Å². The van der Waals surface area contributed by atoms with Gasteiger partial charge in [-0.3, -0.25) is 0 Å². The first kappa shape index (κ1) is 15.0. The Kier molecular flexibility index (Phi) is 5.15. The molecule has 2 nitrogen and oxygen atoms in total. The highest BCUT2D eigenvalue weighted by Crippen LogP contribution is 2.29. The van der Waals surface area contributed by atoms with Crippen molar-refractivity contribution in [3.8, 4) is 11.5 Å². The molecule has 0 amide bonds. The summed E-state index contributed by atoms with van der Waals surface area (Å²) in [6.07, 6.45) is 0. The third-order valence-corrected chi connectivity index (χ3v) is 3.45. The van der Waals surface area contributed by atoms with Crippen LogP contribution in [0.4, 0.5) is 4.39 Å². The predicted molar refractivity (Wildman–Crippen MR) is 82.7 cm³/mol. The number of hydrogen-bond acceptors (Lipinski definition) is 2. The normalized spacial score (nSPS) is 10.6. The molecule has 0 saturated heterocycles. The second-order valence-corrected chi connectivity index (χ2v) is 5.46. The number of ether oxygens (including phenoxy) is 1. The van der Waals surface area contributed by atoms with Crippen molar-refractivity contribution in [1.29, 1.82) is 0 Å². The van der Waals surface area contributed by atoms with E-state index in [-0.39, 0.29) is 5.82 Å². The molecule has 4 heteroatoms. The van der Waals surface area contributed by atoms with E-state index in [4.69, 9.17) is 4.74 Å². The van der Waals surface area contributed by atoms with Gasteiger partial charge in [0, 0.05) is 22.6 Å². The van der Waals surface area contributed by atoms with Crippen LogP contribution in [0, 0.1) is 12.7 Å². The molecule has 0 aromatic heterocycles. The summed E-state index contributed by atoms with van der Waals surface area (Å²) in [4.78, 5) is 0. The first-order valence-corrected chi connectivity index (χ1v) is 7.32. The Bertz CT molecular complexity index is 601. The lowest BCUT2D eigenvalue weighted by molar-refractivity contribution is 0.467. The molecule has 2 rings (SSSR count). The van der Waals surface area contributed by atoms with E-state index in [1.165, 1.54) is 6.07 Å². The highest BCUT2D eigenvalue weighted by Gasteiger charge is 2.07. The lowest BCUT2D eigenvalue weighted by Crippen LogP contribution is -2.12. The van der Waals surface area contributed by atoms with E-state index in [1.54, 1.807) is 19.1 Å². The summed E-state index contributed by atoms with van der Waals surface area (Å²) in [5, 5.41) is 3.26. The molecule has 0 fully saturated rings. The molecule has 0 unspecified atom stereocenters. The molecule has 0 atom stereocenters. The van der Waals surface area contributed by atoms with Crippen molar-refractivity contribution < 1.29 is 9.13 Å². The van der Waals surface area contributed by atoms with Crippen molar-refractivity contribution in [2.24, 2.45) is 0 Å². The van der Waals surface area contributed by atoms with Gasteiger partial charge in [0.2, 0.25) is 0 Å². The molecule has 0 bridgehead atoms. The van der Waals surface area contributed by atoms with E-state index < -0.39 is 0 Å². The quantitative estimate of drug-likeness (QED) is 0.846. The van der Waals surface area contributed by atoms with Crippen molar-refractivity contribution >= 4 is 15.9 Å². The van der Waals surface area contributed by atoms with Gasteiger partial charge in [-0.2, -0.15) is 0 Å². The zero-order valence-corrected chi connectivity index (χ0v) is 13.1. The van der Waals surface area contributed by atoms with E-state index in [9.17, 15) is 4.39 Å². The monoisotopic (exact) mass is 337 g/mol. The molecule has 2 aromatic rings. The Morgan fingerprint density at radius 3 is 2.70 bits per heavy atom. The Labute approximate surface area is 127 Å². The maximum absolute atomic E-state index is 13.5. The molecule has 2 aromatic carbocycles. The molecule has 106 valence electrons. The topological polar surface area (TPSA) is 21.3 Å². The minimum absolute atomic E-state index is 0.257. The van der Waals surface area contributed by atoms with Crippen LogP contribution in [0.15, 0.2) is 40.9 Å². The third-order valence-electron chi connectivity index (χ3n) is 2.96. The van der Waals surface area contributed by atoms with E-state index in [2.05, 4.69) is 21.2 Å². The maximum Gasteiger partial charge on any atom is 0.131 e. The van der Waals surface area contributed by atoms with Crippen LogP contribution in [-0.2, 0) is 6.54 Å². The van der Waals surface area contributed by atoms with Crippen LogP contribution >= 0.6 is 15.9 Å². The van der Waals surface area contributed by atoms with Crippen molar-refractivity contribution in [3.63, 3.8) is 0 Å². The van der Waals surface area contributed by atoms with E-state index in [1.807, 2.05) is 25.1 Å². The van der Waals surface area contributed by atoms with Gasteiger partial charge in [0.15, 0.2) is 0 Å². The fourth-order valence-electron chi connectivity index (χ4n) is 1.81. The highest BCUT2D eigenvalue weighted by atomic mass is 79.9. The molecule has 0 heterocycles. The van der Waals surface area contributed by atoms with Gasteiger partial charge in [0.25, 0.3) is 0 Å². The zero-order chi connectivity index (χ0) is 14.5. The second-order valence-electron chi connectivity index (χ2n) is 4.55. The molecule has 0 spiro atoms. The Morgan fingerprint density at radius 2 is 2.00 bits per heavy atom. The Morgan fingerprint density at radius 1 is 1.20 bits per heavy atom. The summed E-state index contributed by atoms with van der Waals surface area (Å²) < 4.78 is 20.3. The number of benzene rings is 2. The van der Waals surface area contributed by atoms with Crippen LogP contribution in [0.2, 0.25) is 0 Å². The standard InChI is InChI=1S/C16H17BrFNO/c1-3-19-10-12-8-13(17)5-7-16(12)20-14-6-4-11(2)15(18)9-14/h4-9,19H,3,10H2,1-2H3. The van der Waals surface area contributed by atoms with Gasteiger partial charge < -0.3 is 10.1 Å². The first-order chi connectivity index (χ1) is 9.60. The number of halogens is 2. The molecule has 1 N–H and O–H groups in total. The van der Waals surface area contributed by atoms with E-state index in [0.717, 1.165) is 22.3 Å². The largest absolute Gasteiger partial charge is 0.457 e. The number of rotatable bonds is 5. The average molecular weight is 338 g/mol. The smallest absolute Gasteiger partial charge is 0.131 e. The minimum Gasteiger partial charge on any atom is -0.457 e. The molecule has 0 radical (unpaired) electrons. The maximum atomic E-state index is 13.5. The fraction of sp³-hybridized carbons (Fsp3) is 0.250. The fourth-order valence-corrected chi connectivity index (χ4v) is 2.22. The average Bonchev–Trinajstić information content (AvgIpc) is 2.43. The minimum atomic E-state index is -0.257. The van der Waals surface area contributed by atoms with Crippen molar-refractivity contribution in [1.82, 2.24) is 5.32 Å². The number of nitrogens with one attached hydrogen (secondary N) is 1. The van der Waals surface area contributed by atoms with Gasteiger partial charge in [-0.15, -0.1) is 0 Å². The SMILES string of the molecule is CCNCc1cc(Br)ccc1Oc1ccc(C)c(F)c1. The molecule has 0 saturated carbocycles. The van der Waals surface area contributed by atoms with Gasteiger partial charge >= 0.3 is 0 Å². The van der Waals surface area contributed by atoms with Gasteiger partial charge in [0.05, 0.1) is 0 Å². The summed E-state index contributed by atoms with van der Waals surface area (Å²) in [6.45, 7) is 5.37. The van der Waals surface area contributed by atoms with Gasteiger partial charge in [0.1, 0.15) is 17.3 Å². The highest BCUT2D eigenvalue weighted by molar-refractivity contribution is 9.10. The van der Waals surface area contributed by atoms with Crippen LogP contribution in [0.25, 0.3) is 0 Å². The molecular formula is C16H17BrFNO. The summed E-state index contributed by atoms with van der Waals surface area (Å²) in [6, 6.07) is 10.7. The first-order valence-electron chi connectivity index (χ1n) is 6.53. The molecule has 0 aliphatic rings. The van der Waals surface area contributed by atoms with Crippen molar-refractivity contribution in [3.05, 3.63) is 57.8 Å². The third kappa shape index (κ3) is 3.81. The summed E-state index contributed by atoms with van der Waals surface area (Å²) in [5.41, 5.74) is 1.64. The van der Waals surface area contributed by atoms with Crippen molar-refractivity contribution in [2.75, 3.05) is 6.54 Å². The zero-order valence-electron chi connectivity index (χ0n) is 11.5. The summed E-state index contributed by atoms with van der Waals surface area (Å²) >= 11 is 3.45. The molecular weight excluding hydrogens is 321 g/mol. The Hall–Kier alpha value is -1.39. The van der Waals surface area contributed by atoms with Crippen LogP contribution in [0.3, 0.4) is 0 Å². The summed E-state index contributed by atoms with van der Waals surface area (Å²) in [5.74, 6) is 0.985. The Balaban J connectivity index is 2.25. The lowest BCUT2D eigenvalue weighted by Gasteiger charge is -2.12. The number of aryl methyl sites for hydroxylation is 1. The molecule has 0 aliphatic heterocycles. The lowest BCUT2D eigenvalue weighted by atomic mass is 10.2. The van der Waals surface area contributed by atoms with E-state index in [0.29, 0.717) is 17.9 Å². The van der Waals surface area contributed by atoms with E-state index >= 15 is 0 Å². The second kappa shape index (κ2) is 6.86. The summed E-state index contributed by atoms with van der Waals surface area (Å²) in [7, 11) is 0. The van der Waals surface area contributed by atoms with Crippen LogP contribution < -0.4 is 10.1 Å². The predicted octanol–water partition coefficient (Wildman–Crippen LogP) is 4.80. The van der Waals surface area contributed by atoms with Crippen molar-refractivity contribution in [2.45, 2.75) is 20.4 Å². The molecule has 20 heavy (non-hydrogen) atoms. The van der Waals surface area contributed by atoms with Gasteiger partial charge in [-0.05, 0) is 43.3 Å². The van der Waals surface area contributed by atoms with Crippen LogP contribution in [-0.4, -0.2) is 6.54 Å². The molecule has 0 aliphatic carbocycles. The van der Waals surface area contributed by atoms with Gasteiger partial charge in [-0.1, -0.05) is 28.9 Å².